The van der Waals surface area contributed by atoms with Crippen molar-refractivity contribution in [2.24, 2.45) is 0 Å². The summed E-state index contributed by atoms with van der Waals surface area (Å²) >= 11 is 0. The first-order valence-electron chi connectivity index (χ1n) is 24.3. The normalized spacial score (nSPS) is 18.6. The maximum atomic E-state index is 9.73. The highest BCUT2D eigenvalue weighted by atomic mass is 15.0. The second kappa shape index (κ2) is 9.86. The highest BCUT2D eigenvalue weighted by Gasteiger charge is 2.16. The van der Waals surface area contributed by atoms with Gasteiger partial charge in [0.1, 0.15) is 0 Å². The van der Waals surface area contributed by atoms with E-state index in [4.69, 9.17) is 21.9 Å². The Hall–Kier alpha value is -5.86. The Bertz CT molecular complexity index is 3670. The standard InChI is InChI=1S/C42H28N2/c1-3-11-29(12-4-1)30-19-23-34(24-20-30)44-40-18-10-8-16-36(40)38-28-32(22-26-42(38)44)31-21-25-41-37(27-31)35-15-7-9-17-39(35)43(41)33-13-5-2-6-14-33/h1-28H/i1D,2D,7D,8D,9D,10D,11D,12D,13D,14D,15D,16D,17D,18D,19D,20D,21D,22D,25D,26D,27D,28D. The topological polar surface area (TPSA) is 9.86 Å². The number of benzene rings is 7. The molecule has 9 rings (SSSR count). The summed E-state index contributed by atoms with van der Waals surface area (Å²) in [5.74, 6) is 0. The Balaban J connectivity index is 1.45. The Morgan fingerprint density at radius 3 is 1.36 bits per heavy atom. The van der Waals surface area contributed by atoms with Crippen molar-refractivity contribution >= 4 is 43.6 Å². The van der Waals surface area contributed by atoms with Crippen molar-refractivity contribution in [1.82, 2.24) is 9.13 Å². The molecule has 0 saturated carbocycles. The van der Waals surface area contributed by atoms with Gasteiger partial charge < -0.3 is 9.13 Å². The van der Waals surface area contributed by atoms with Crippen LogP contribution in [0.3, 0.4) is 0 Å². The molecule has 9 aromatic rings. The molecule has 0 unspecified atom stereocenters. The second-order valence-electron chi connectivity index (χ2n) is 9.65. The molecular formula is C42H28N2. The first-order chi connectivity index (χ1) is 30.9. The van der Waals surface area contributed by atoms with Crippen molar-refractivity contribution in [3.63, 3.8) is 0 Å². The fraction of sp³-hybridized carbons (Fsp3) is 0. The van der Waals surface area contributed by atoms with Crippen LogP contribution in [-0.2, 0) is 0 Å². The summed E-state index contributed by atoms with van der Waals surface area (Å²) in [6.07, 6.45) is 0. The Labute approximate surface area is 286 Å². The van der Waals surface area contributed by atoms with Crippen LogP contribution in [-0.4, -0.2) is 9.13 Å². The molecule has 2 nitrogen and oxygen atoms in total. The molecule has 0 radical (unpaired) electrons. The number of nitrogens with zero attached hydrogens (tertiary/aromatic N) is 2. The Morgan fingerprint density at radius 2 is 0.795 bits per heavy atom. The van der Waals surface area contributed by atoms with Crippen LogP contribution in [0.2, 0.25) is 0 Å². The van der Waals surface area contributed by atoms with E-state index in [2.05, 4.69) is 0 Å². The van der Waals surface area contributed by atoms with Gasteiger partial charge in [0.2, 0.25) is 0 Å². The van der Waals surface area contributed by atoms with Crippen LogP contribution in [0.4, 0.5) is 0 Å². The predicted octanol–water partition coefficient (Wildman–Crippen LogP) is 11.2. The van der Waals surface area contributed by atoms with Gasteiger partial charge in [0.05, 0.1) is 52.2 Å². The van der Waals surface area contributed by atoms with E-state index < -0.39 is 131 Å². The van der Waals surface area contributed by atoms with Crippen LogP contribution in [0, 0.1) is 0 Å². The number of hydrogen-bond acceptors (Lipinski definition) is 0. The van der Waals surface area contributed by atoms with Gasteiger partial charge in [-0.1, -0.05) is 109 Å². The molecule has 0 spiro atoms. The van der Waals surface area contributed by atoms with E-state index in [1.807, 2.05) is 0 Å². The monoisotopic (exact) mass is 582 g/mol. The summed E-state index contributed by atoms with van der Waals surface area (Å²) in [6.45, 7) is 0. The number of hydrogen-bond donors (Lipinski definition) is 0. The molecule has 2 heterocycles. The molecule has 2 aromatic heterocycles. The third-order valence-electron chi connectivity index (χ3n) is 7.21. The third-order valence-corrected chi connectivity index (χ3v) is 7.21. The van der Waals surface area contributed by atoms with Crippen LogP contribution < -0.4 is 0 Å². The summed E-state index contributed by atoms with van der Waals surface area (Å²) in [7, 11) is 0. The van der Waals surface area contributed by atoms with Crippen LogP contribution in [0.25, 0.3) is 77.2 Å². The van der Waals surface area contributed by atoms with Gasteiger partial charge in [-0.2, -0.15) is 0 Å². The van der Waals surface area contributed by atoms with Gasteiger partial charge in [-0.25, -0.2) is 0 Å². The van der Waals surface area contributed by atoms with E-state index in [0.717, 1.165) is 45.5 Å². The molecule has 0 aliphatic carbocycles. The Morgan fingerprint density at radius 1 is 0.341 bits per heavy atom. The molecule has 0 saturated heterocycles. The number of rotatable bonds is 4. The quantitative estimate of drug-likeness (QED) is 0.195. The zero-order valence-corrected chi connectivity index (χ0v) is 22.4. The summed E-state index contributed by atoms with van der Waals surface area (Å²) in [5.41, 5.74) is -3.53. The number of aromatic nitrogens is 2. The largest absolute Gasteiger partial charge is 0.309 e. The van der Waals surface area contributed by atoms with E-state index in [1.165, 1.54) is 0 Å². The van der Waals surface area contributed by atoms with E-state index in [-0.39, 0.29) is 79.4 Å². The minimum absolute atomic E-state index is 0.128. The average molecular weight is 583 g/mol. The van der Waals surface area contributed by atoms with Gasteiger partial charge in [0, 0.05) is 32.9 Å². The summed E-state index contributed by atoms with van der Waals surface area (Å²) in [6, 6.07) is -6.49. The van der Waals surface area contributed by atoms with Crippen LogP contribution in [0.15, 0.2) is 169 Å². The maximum absolute atomic E-state index is 9.73. The minimum Gasteiger partial charge on any atom is -0.309 e. The highest BCUT2D eigenvalue weighted by molar-refractivity contribution is 6.12. The smallest absolute Gasteiger partial charge is 0.0645 e. The first kappa shape index (κ1) is 11.3. The highest BCUT2D eigenvalue weighted by Crippen LogP contribution is 2.38. The average Bonchev–Trinajstić information content (AvgIpc) is 3.79. The molecule has 0 fully saturated rings. The van der Waals surface area contributed by atoms with E-state index in [1.54, 1.807) is 0 Å². The van der Waals surface area contributed by atoms with Crippen molar-refractivity contribution in [2.45, 2.75) is 0 Å². The summed E-state index contributed by atoms with van der Waals surface area (Å²) in [4.78, 5) is 0. The van der Waals surface area contributed by atoms with Gasteiger partial charge >= 0.3 is 0 Å². The lowest BCUT2D eigenvalue weighted by Crippen LogP contribution is -1.93. The minimum atomic E-state index is -0.845. The second-order valence-corrected chi connectivity index (χ2v) is 9.65. The third kappa shape index (κ3) is 3.82. The van der Waals surface area contributed by atoms with Crippen molar-refractivity contribution < 1.29 is 30.2 Å². The lowest BCUT2D eigenvalue weighted by Gasteiger charge is -2.10. The van der Waals surface area contributed by atoms with Crippen LogP contribution in [0.1, 0.15) is 30.2 Å². The lowest BCUT2D eigenvalue weighted by molar-refractivity contribution is 1.18. The van der Waals surface area contributed by atoms with Crippen molar-refractivity contribution in [1.29, 1.82) is 0 Å². The lowest BCUT2D eigenvalue weighted by atomic mass is 10.0. The SMILES string of the molecule is [2H]c1cc([2H])c(-c2c([2H])cc(-n3c4c([2H])c([2H])c([2H])c([2H])c4c4c([2H])c(-c5c([2H])c([2H])c6c(c5[2H])c5c([2H])c([2H])c([2H])c([2H])c5n6-c5c([2H])cc([2H])cc5[2H])c([2H])c([2H])c43)cc2[2H])c([2H])c1. The summed E-state index contributed by atoms with van der Waals surface area (Å²) < 4.78 is 198. The molecule has 206 valence electrons. The van der Waals surface area contributed by atoms with Gasteiger partial charge in [0.15, 0.2) is 0 Å². The van der Waals surface area contributed by atoms with Gasteiger partial charge in [-0.05, 0) is 82.7 Å². The number of para-hydroxylation sites is 3. The molecule has 0 aliphatic rings. The number of fused-ring (bicyclic) bond motifs is 6. The molecule has 0 aliphatic heterocycles. The fourth-order valence-electron chi connectivity index (χ4n) is 5.30. The van der Waals surface area contributed by atoms with Crippen molar-refractivity contribution in [2.75, 3.05) is 0 Å². The van der Waals surface area contributed by atoms with Crippen LogP contribution in [0.5, 0.6) is 0 Å². The van der Waals surface area contributed by atoms with Gasteiger partial charge in [-0.3, -0.25) is 0 Å². The van der Waals surface area contributed by atoms with E-state index >= 15 is 0 Å². The maximum Gasteiger partial charge on any atom is 0.0645 e. The molecule has 0 N–H and O–H groups in total. The Kier molecular flexibility index (Phi) is 2.54. The summed E-state index contributed by atoms with van der Waals surface area (Å²) in [5, 5.41) is -1.50. The van der Waals surface area contributed by atoms with Crippen molar-refractivity contribution in [3.8, 4) is 33.6 Å². The fourth-order valence-corrected chi connectivity index (χ4v) is 5.30. The molecule has 0 amide bonds. The molecule has 0 bridgehead atoms. The molecule has 44 heavy (non-hydrogen) atoms. The first-order valence-corrected chi connectivity index (χ1v) is 13.3. The van der Waals surface area contributed by atoms with Crippen LogP contribution >= 0.6 is 0 Å². The molecular weight excluding hydrogens is 532 g/mol. The zero-order chi connectivity index (χ0) is 48.2. The van der Waals surface area contributed by atoms with Crippen molar-refractivity contribution in [3.05, 3.63) is 169 Å². The molecule has 7 aromatic carbocycles. The molecule has 2 heteroatoms. The predicted molar refractivity (Wildman–Crippen MR) is 186 cm³/mol. The van der Waals surface area contributed by atoms with E-state index in [0.29, 0.717) is 0 Å². The molecule has 0 atom stereocenters. The van der Waals surface area contributed by atoms with Gasteiger partial charge in [-0.15, -0.1) is 0 Å². The zero-order valence-electron chi connectivity index (χ0n) is 44.4. The van der Waals surface area contributed by atoms with Gasteiger partial charge in [0.25, 0.3) is 0 Å². The van der Waals surface area contributed by atoms with E-state index in [9.17, 15) is 8.22 Å².